The molecule has 0 N–H and O–H groups in total. The minimum Gasteiger partial charge on any atom is -0.496 e. The predicted molar refractivity (Wildman–Crippen MR) is 89.0 cm³/mol. The van der Waals surface area contributed by atoms with Crippen LogP contribution >= 0.6 is 15.9 Å². The summed E-state index contributed by atoms with van der Waals surface area (Å²) in [5.41, 5.74) is 2.31. The Morgan fingerprint density at radius 3 is 2.95 bits per heavy atom. The van der Waals surface area contributed by atoms with Gasteiger partial charge in [-0.25, -0.2) is 0 Å². The Labute approximate surface area is 139 Å². The normalized spacial score (nSPS) is 18.8. The molecule has 22 heavy (non-hydrogen) atoms. The van der Waals surface area contributed by atoms with Gasteiger partial charge in [0.2, 0.25) is 0 Å². The Hall–Kier alpha value is -1.33. The van der Waals surface area contributed by atoms with Crippen molar-refractivity contribution in [3.8, 4) is 5.75 Å². The summed E-state index contributed by atoms with van der Waals surface area (Å²) >= 11 is 3.56. The van der Waals surface area contributed by atoms with E-state index >= 15 is 0 Å². The van der Waals surface area contributed by atoms with Crippen LogP contribution < -0.4 is 4.74 Å². The number of hydrogen-bond acceptors (Lipinski definition) is 4. The fourth-order valence-corrected chi connectivity index (χ4v) is 3.62. The van der Waals surface area contributed by atoms with Crippen LogP contribution in [0.25, 0.3) is 0 Å². The summed E-state index contributed by atoms with van der Waals surface area (Å²) < 4.78 is 11.8. The molecule has 0 amide bonds. The molecule has 3 rings (SSSR count). The molecule has 2 heterocycles. The third-order valence-corrected chi connectivity index (χ3v) is 4.85. The summed E-state index contributed by atoms with van der Waals surface area (Å²) in [6, 6.07) is 8.71. The van der Waals surface area contributed by atoms with Gasteiger partial charge in [-0.05, 0) is 59.4 Å². The van der Waals surface area contributed by atoms with Crippen LogP contribution in [0.3, 0.4) is 0 Å². The van der Waals surface area contributed by atoms with Crippen molar-refractivity contribution < 1.29 is 9.26 Å². The van der Waals surface area contributed by atoms with Crippen molar-refractivity contribution in [1.29, 1.82) is 0 Å². The molecule has 2 aromatic rings. The van der Waals surface area contributed by atoms with Gasteiger partial charge >= 0.3 is 0 Å². The summed E-state index contributed by atoms with van der Waals surface area (Å²) in [5.74, 6) is 1.87. The third-order valence-electron chi connectivity index (χ3n) is 4.23. The lowest BCUT2D eigenvalue weighted by Gasteiger charge is -2.22. The van der Waals surface area contributed by atoms with Gasteiger partial charge in [0.05, 0.1) is 23.3 Å². The SMILES string of the molecule is CCc1cc([C@H]2CCCN2Cc2ccc(OC)c(Br)c2)on1. The maximum absolute atomic E-state index is 5.55. The van der Waals surface area contributed by atoms with Crippen LogP contribution in [0.4, 0.5) is 0 Å². The van der Waals surface area contributed by atoms with Crippen molar-refractivity contribution in [2.45, 2.75) is 38.8 Å². The molecule has 5 heteroatoms. The highest BCUT2D eigenvalue weighted by atomic mass is 79.9. The number of hydrogen-bond donors (Lipinski definition) is 0. The van der Waals surface area contributed by atoms with Gasteiger partial charge in [0.15, 0.2) is 5.76 Å². The maximum atomic E-state index is 5.55. The van der Waals surface area contributed by atoms with Gasteiger partial charge in [-0.2, -0.15) is 0 Å². The van der Waals surface area contributed by atoms with Gasteiger partial charge in [-0.15, -0.1) is 0 Å². The number of ether oxygens (including phenoxy) is 1. The van der Waals surface area contributed by atoms with E-state index in [0.717, 1.165) is 47.6 Å². The zero-order valence-corrected chi connectivity index (χ0v) is 14.6. The summed E-state index contributed by atoms with van der Waals surface area (Å²) in [5, 5.41) is 4.13. The van der Waals surface area contributed by atoms with Gasteiger partial charge in [0, 0.05) is 12.6 Å². The average molecular weight is 365 g/mol. The maximum Gasteiger partial charge on any atom is 0.154 e. The van der Waals surface area contributed by atoms with Crippen molar-refractivity contribution in [3.05, 3.63) is 45.8 Å². The number of aryl methyl sites for hydroxylation is 1. The third kappa shape index (κ3) is 3.20. The highest BCUT2D eigenvalue weighted by Crippen LogP contribution is 2.34. The fourth-order valence-electron chi connectivity index (χ4n) is 3.03. The van der Waals surface area contributed by atoms with Crippen LogP contribution in [-0.4, -0.2) is 23.7 Å². The van der Waals surface area contributed by atoms with Crippen LogP contribution in [0.15, 0.2) is 33.3 Å². The molecular weight excluding hydrogens is 344 g/mol. The number of halogens is 1. The molecule has 1 aliphatic heterocycles. The molecular formula is C17H21BrN2O2. The van der Waals surface area contributed by atoms with E-state index in [1.54, 1.807) is 7.11 Å². The quantitative estimate of drug-likeness (QED) is 0.790. The Morgan fingerprint density at radius 2 is 2.27 bits per heavy atom. The largest absolute Gasteiger partial charge is 0.496 e. The van der Waals surface area contributed by atoms with Crippen molar-refractivity contribution in [2.75, 3.05) is 13.7 Å². The molecule has 1 atom stereocenters. The molecule has 1 aliphatic rings. The van der Waals surface area contributed by atoms with Crippen LogP contribution in [0.2, 0.25) is 0 Å². The highest BCUT2D eigenvalue weighted by Gasteiger charge is 2.29. The lowest BCUT2D eigenvalue weighted by Crippen LogP contribution is -2.22. The molecule has 0 aliphatic carbocycles. The molecule has 0 bridgehead atoms. The van der Waals surface area contributed by atoms with Crippen molar-refractivity contribution in [3.63, 3.8) is 0 Å². The first kappa shape index (κ1) is 15.6. The van der Waals surface area contributed by atoms with Crippen molar-refractivity contribution >= 4 is 15.9 Å². The molecule has 1 saturated heterocycles. The van der Waals surface area contributed by atoms with E-state index in [0.29, 0.717) is 6.04 Å². The number of nitrogens with zero attached hydrogens (tertiary/aromatic N) is 2. The van der Waals surface area contributed by atoms with Crippen molar-refractivity contribution in [1.82, 2.24) is 10.1 Å². The average Bonchev–Trinajstić information content (AvgIpc) is 3.15. The Balaban J connectivity index is 1.74. The number of aromatic nitrogens is 1. The van der Waals surface area contributed by atoms with E-state index in [2.05, 4.69) is 51.1 Å². The Kier molecular flexibility index (Phi) is 4.84. The van der Waals surface area contributed by atoms with E-state index in [-0.39, 0.29) is 0 Å². The lowest BCUT2D eigenvalue weighted by atomic mass is 10.1. The zero-order chi connectivity index (χ0) is 15.5. The summed E-state index contributed by atoms with van der Waals surface area (Å²) in [7, 11) is 1.69. The number of methoxy groups -OCH3 is 1. The van der Waals surface area contributed by atoms with E-state index < -0.39 is 0 Å². The van der Waals surface area contributed by atoms with Gasteiger partial charge in [-0.3, -0.25) is 4.90 Å². The van der Waals surface area contributed by atoms with Crippen molar-refractivity contribution in [2.24, 2.45) is 0 Å². The van der Waals surface area contributed by atoms with Gasteiger partial charge in [-0.1, -0.05) is 18.1 Å². The second kappa shape index (κ2) is 6.84. The zero-order valence-electron chi connectivity index (χ0n) is 13.0. The molecule has 0 radical (unpaired) electrons. The highest BCUT2D eigenvalue weighted by molar-refractivity contribution is 9.10. The molecule has 0 spiro atoms. The predicted octanol–water partition coefficient (Wildman–Crippen LogP) is 4.35. The smallest absolute Gasteiger partial charge is 0.154 e. The Bertz CT molecular complexity index is 641. The molecule has 4 nitrogen and oxygen atoms in total. The van der Waals surface area contributed by atoms with Crippen LogP contribution in [0, 0.1) is 0 Å². The van der Waals surface area contributed by atoms with Gasteiger partial charge in [0.25, 0.3) is 0 Å². The standard InChI is InChI=1S/C17H21BrN2O2/c1-3-13-10-17(22-19-13)15-5-4-8-20(15)11-12-6-7-16(21-2)14(18)9-12/h6-7,9-10,15H,3-5,8,11H2,1-2H3/t15-/m1/s1. The monoisotopic (exact) mass is 364 g/mol. The van der Waals surface area contributed by atoms with E-state index in [9.17, 15) is 0 Å². The molecule has 1 aromatic carbocycles. The van der Waals surface area contributed by atoms with Gasteiger partial charge < -0.3 is 9.26 Å². The molecule has 0 saturated carbocycles. The molecule has 118 valence electrons. The summed E-state index contributed by atoms with van der Waals surface area (Å²) in [6.45, 7) is 4.11. The first-order chi connectivity index (χ1) is 10.7. The lowest BCUT2D eigenvalue weighted by molar-refractivity contribution is 0.206. The minimum atomic E-state index is 0.341. The molecule has 1 fully saturated rings. The fraction of sp³-hybridized carbons (Fsp3) is 0.471. The van der Waals surface area contributed by atoms with Crippen LogP contribution in [0.5, 0.6) is 5.75 Å². The van der Waals surface area contributed by atoms with E-state index in [1.165, 1.54) is 12.0 Å². The first-order valence-electron chi connectivity index (χ1n) is 7.73. The van der Waals surface area contributed by atoms with E-state index in [4.69, 9.17) is 9.26 Å². The van der Waals surface area contributed by atoms with E-state index in [1.807, 2.05) is 6.07 Å². The number of likely N-dealkylation sites (tertiary alicyclic amines) is 1. The minimum absolute atomic E-state index is 0.341. The summed E-state index contributed by atoms with van der Waals surface area (Å²) in [6.07, 6.45) is 3.25. The Morgan fingerprint density at radius 1 is 1.41 bits per heavy atom. The number of rotatable bonds is 5. The second-order valence-electron chi connectivity index (χ2n) is 5.67. The topological polar surface area (TPSA) is 38.5 Å². The molecule has 0 unspecified atom stereocenters. The van der Waals surface area contributed by atoms with Gasteiger partial charge in [0.1, 0.15) is 5.75 Å². The summed E-state index contributed by atoms with van der Waals surface area (Å²) in [4.78, 5) is 2.47. The van der Waals surface area contributed by atoms with Crippen LogP contribution in [-0.2, 0) is 13.0 Å². The van der Waals surface area contributed by atoms with Crippen LogP contribution in [0.1, 0.15) is 42.8 Å². The second-order valence-corrected chi connectivity index (χ2v) is 6.53. The number of benzene rings is 1. The first-order valence-corrected chi connectivity index (χ1v) is 8.52. The molecule has 1 aromatic heterocycles.